The number of nitrogens with one attached hydrogen (secondary N) is 1. The first-order valence-corrected chi connectivity index (χ1v) is 7.24. The van der Waals surface area contributed by atoms with Gasteiger partial charge in [0.05, 0.1) is 23.5 Å². The first kappa shape index (κ1) is 15.5. The third kappa shape index (κ3) is 3.60. The van der Waals surface area contributed by atoms with Gasteiger partial charge < -0.3 is 15.8 Å². The van der Waals surface area contributed by atoms with Gasteiger partial charge >= 0.3 is 5.97 Å². The van der Waals surface area contributed by atoms with E-state index in [2.05, 4.69) is 10.3 Å². The molecule has 3 N–H and O–H groups in total. The number of carbonyl (C=O) groups excluding carboxylic acids is 1. The van der Waals surface area contributed by atoms with E-state index < -0.39 is 5.97 Å². The van der Waals surface area contributed by atoms with Crippen LogP contribution in [0.1, 0.15) is 17.3 Å². The zero-order valence-corrected chi connectivity index (χ0v) is 13.3. The van der Waals surface area contributed by atoms with E-state index in [1.165, 1.54) is 24.4 Å². The molecule has 110 valence electrons. The number of aromatic nitrogens is 1. The quantitative estimate of drug-likeness (QED) is 0.607. The number of pyridine rings is 1. The number of anilines is 3. The van der Waals surface area contributed by atoms with E-state index in [1.807, 2.05) is 22.6 Å². The molecule has 0 spiro atoms. The van der Waals surface area contributed by atoms with Gasteiger partial charge in [-0.15, -0.1) is 0 Å². The van der Waals surface area contributed by atoms with Crippen LogP contribution in [0.3, 0.4) is 0 Å². The summed E-state index contributed by atoms with van der Waals surface area (Å²) in [5.41, 5.74) is 7.02. The topological polar surface area (TPSA) is 77.2 Å². The molecule has 7 heteroatoms. The van der Waals surface area contributed by atoms with Crippen LogP contribution in [-0.2, 0) is 4.74 Å². The molecule has 0 saturated heterocycles. The van der Waals surface area contributed by atoms with Crippen molar-refractivity contribution in [2.75, 3.05) is 17.7 Å². The zero-order chi connectivity index (χ0) is 15.4. The molecule has 1 aromatic heterocycles. The Morgan fingerprint density at radius 2 is 2.24 bits per heavy atom. The third-order valence-corrected chi connectivity index (χ3v) is 3.56. The van der Waals surface area contributed by atoms with Crippen LogP contribution in [0.2, 0.25) is 0 Å². The van der Waals surface area contributed by atoms with Gasteiger partial charge in [0.1, 0.15) is 5.82 Å². The summed E-state index contributed by atoms with van der Waals surface area (Å²) in [4.78, 5) is 15.9. The second-order valence-corrected chi connectivity index (χ2v) is 5.25. The molecule has 0 atom stereocenters. The minimum atomic E-state index is -0.505. The molecule has 21 heavy (non-hydrogen) atoms. The summed E-state index contributed by atoms with van der Waals surface area (Å²) in [6.45, 7) is 1.98. The maximum Gasteiger partial charge on any atom is 0.340 e. The van der Waals surface area contributed by atoms with Gasteiger partial charge in [-0.3, -0.25) is 0 Å². The number of nitrogens with two attached hydrogens (primary N) is 1. The van der Waals surface area contributed by atoms with Gasteiger partial charge in [-0.05, 0) is 53.8 Å². The van der Waals surface area contributed by atoms with Crippen molar-refractivity contribution in [3.63, 3.8) is 0 Å². The Labute approximate surface area is 134 Å². The van der Waals surface area contributed by atoms with Gasteiger partial charge in [-0.1, -0.05) is 0 Å². The number of ether oxygens (including phenoxy) is 1. The molecule has 2 aromatic rings. The first-order valence-electron chi connectivity index (χ1n) is 6.16. The highest BCUT2D eigenvalue weighted by Gasteiger charge is 2.15. The molecule has 5 nitrogen and oxygen atoms in total. The minimum absolute atomic E-state index is 0.191. The number of rotatable bonds is 4. The second kappa shape index (κ2) is 6.70. The first-order chi connectivity index (χ1) is 10.0. The van der Waals surface area contributed by atoms with Gasteiger partial charge in [-0.2, -0.15) is 0 Å². The molecular formula is C14H13FIN3O2. The summed E-state index contributed by atoms with van der Waals surface area (Å²) in [5.74, 6) is -0.509. The van der Waals surface area contributed by atoms with E-state index in [0.717, 1.165) is 0 Å². The number of carbonyl (C=O) groups is 1. The van der Waals surface area contributed by atoms with Crippen LogP contribution >= 0.6 is 22.6 Å². The van der Waals surface area contributed by atoms with E-state index in [-0.39, 0.29) is 23.7 Å². The average molecular weight is 401 g/mol. The van der Waals surface area contributed by atoms with Gasteiger partial charge in [0, 0.05) is 9.77 Å². The summed E-state index contributed by atoms with van der Waals surface area (Å²) >= 11 is 2.00. The summed E-state index contributed by atoms with van der Waals surface area (Å²) in [5, 5.41) is 2.99. The lowest BCUT2D eigenvalue weighted by Crippen LogP contribution is -2.10. The Kier molecular flexibility index (Phi) is 4.94. The smallest absolute Gasteiger partial charge is 0.340 e. The highest BCUT2D eigenvalue weighted by Crippen LogP contribution is 2.27. The van der Waals surface area contributed by atoms with Crippen molar-refractivity contribution in [1.82, 2.24) is 4.98 Å². The Bertz CT molecular complexity index is 679. The standard InChI is InChI=1S/C14H13FIN3O2/c1-2-21-14(20)9-5-6-18-13(12(9)17)19-11-4-3-8(15)7-10(11)16/h3-7H,2,17H2,1H3,(H,18,19). The molecule has 0 amide bonds. The van der Waals surface area contributed by atoms with Crippen LogP contribution < -0.4 is 11.1 Å². The predicted octanol–water partition coefficient (Wildman–Crippen LogP) is 3.33. The summed E-state index contributed by atoms with van der Waals surface area (Å²) in [7, 11) is 0. The van der Waals surface area contributed by atoms with Crippen LogP contribution in [-0.4, -0.2) is 17.6 Å². The number of esters is 1. The van der Waals surface area contributed by atoms with Gasteiger partial charge in [0.2, 0.25) is 0 Å². The Hall–Kier alpha value is -1.90. The second-order valence-electron chi connectivity index (χ2n) is 4.09. The largest absolute Gasteiger partial charge is 0.462 e. The molecular weight excluding hydrogens is 388 g/mol. The number of nitrogen functional groups attached to an aromatic ring is 1. The number of nitrogens with zero attached hydrogens (tertiary/aromatic N) is 1. The van der Waals surface area contributed by atoms with E-state index in [0.29, 0.717) is 15.1 Å². The fraction of sp³-hybridized carbons (Fsp3) is 0.143. The molecule has 1 heterocycles. The summed E-state index contributed by atoms with van der Waals surface area (Å²) in [6.07, 6.45) is 1.46. The normalized spacial score (nSPS) is 10.2. The fourth-order valence-electron chi connectivity index (χ4n) is 1.68. The van der Waals surface area contributed by atoms with E-state index in [4.69, 9.17) is 10.5 Å². The number of hydrogen-bond acceptors (Lipinski definition) is 5. The Morgan fingerprint density at radius 1 is 1.48 bits per heavy atom. The van der Waals surface area contributed by atoms with Crippen LogP contribution in [0, 0.1) is 9.39 Å². The van der Waals surface area contributed by atoms with Crippen molar-refractivity contribution in [3.8, 4) is 0 Å². The Morgan fingerprint density at radius 3 is 2.90 bits per heavy atom. The van der Waals surface area contributed by atoms with Crippen molar-refractivity contribution >= 4 is 45.8 Å². The lowest BCUT2D eigenvalue weighted by Gasteiger charge is -2.12. The lowest BCUT2D eigenvalue weighted by atomic mass is 10.2. The van der Waals surface area contributed by atoms with Crippen molar-refractivity contribution < 1.29 is 13.9 Å². The molecule has 0 aliphatic carbocycles. The van der Waals surface area contributed by atoms with E-state index in [1.54, 1.807) is 13.0 Å². The molecule has 0 saturated carbocycles. The number of halogens is 2. The molecule has 0 radical (unpaired) electrons. The highest BCUT2D eigenvalue weighted by atomic mass is 127. The summed E-state index contributed by atoms with van der Waals surface area (Å²) in [6, 6.07) is 5.79. The average Bonchev–Trinajstić information content (AvgIpc) is 2.44. The van der Waals surface area contributed by atoms with Gasteiger partial charge in [0.25, 0.3) is 0 Å². The third-order valence-electron chi connectivity index (χ3n) is 2.67. The van der Waals surface area contributed by atoms with Crippen molar-refractivity contribution in [2.24, 2.45) is 0 Å². The van der Waals surface area contributed by atoms with Crippen molar-refractivity contribution in [1.29, 1.82) is 0 Å². The molecule has 1 aromatic carbocycles. The zero-order valence-electron chi connectivity index (χ0n) is 11.2. The van der Waals surface area contributed by atoms with Crippen LogP contribution in [0.4, 0.5) is 21.6 Å². The van der Waals surface area contributed by atoms with E-state index >= 15 is 0 Å². The molecule has 0 bridgehead atoms. The number of hydrogen-bond donors (Lipinski definition) is 2. The monoisotopic (exact) mass is 401 g/mol. The van der Waals surface area contributed by atoms with Crippen LogP contribution in [0.5, 0.6) is 0 Å². The maximum absolute atomic E-state index is 13.1. The maximum atomic E-state index is 13.1. The molecule has 0 unspecified atom stereocenters. The lowest BCUT2D eigenvalue weighted by molar-refractivity contribution is 0.0527. The minimum Gasteiger partial charge on any atom is -0.462 e. The SMILES string of the molecule is CCOC(=O)c1ccnc(Nc2ccc(F)cc2I)c1N. The predicted molar refractivity (Wildman–Crippen MR) is 87.0 cm³/mol. The molecule has 2 rings (SSSR count). The van der Waals surface area contributed by atoms with Crippen LogP contribution in [0.15, 0.2) is 30.5 Å². The van der Waals surface area contributed by atoms with Crippen molar-refractivity contribution in [2.45, 2.75) is 6.92 Å². The fourth-order valence-corrected chi connectivity index (χ4v) is 2.29. The highest BCUT2D eigenvalue weighted by molar-refractivity contribution is 14.1. The number of benzene rings is 1. The summed E-state index contributed by atoms with van der Waals surface area (Å²) < 4.78 is 18.7. The Balaban J connectivity index is 2.32. The molecule has 0 aliphatic rings. The van der Waals surface area contributed by atoms with E-state index in [9.17, 15) is 9.18 Å². The van der Waals surface area contributed by atoms with Crippen molar-refractivity contribution in [3.05, 3.63) is 45.4 Å². The van der Waals surface area contributed by atoms with Gasteiger partial charge in [-0.25, -0.2) is 14.2 Å². The molecule has 0 fully saturated rings. The van der Waals surface area contributed by atoms with Gasteiger partial charge in [0.15, 0.2) is 5.82 Å². The molecule has 0 aliphatic heterocycles. The van der Waals surface area contributed by atoms with Crippen LogP contribution in [0.25, 0.3) is 0 Å².